The Kier molecular flexibility index (Phi) is 14.5. The molecule has 39 heavy (non-hydrogen) atoms. The molecule has 4 atom stereocenters. The molecule has 0 radical (unpaired) electrons. The van der Waals surface area contributed by atoms with E-state index in [0.29, 0.717) is 42.6 Å². The highest BCUT2D eigenvalue weighted by Crippen LogP contribution is 2.31. The summed E-state index contributed by atoms with van der Waals surface area (Å²) in [7, 11) is 3.28. The van der Waals surface area contributed by atoms with Gasteiger partial charge in [-0.15, -0.1) is 0 Å². The first-order valence-corrected chi connectivity index (χ1v) is 13.7. The zero-order chi connectivity index (χ0) is 29.8. The van der Waals surface area contributed by atoms with E-state index in [1.165, 1.54) is 0 Å². The SMILES string of the molecule is C=C(C)[C@H](C[C@H](O)[C@@H](N)C[C@H](Cc1ccc(OC)c(OCCCOC)c1)C(C)C)C(=O)NCC(C)(C)C(N)=O. The van der Waals surface area contributed by atoms with Crippen molar-refractivity contribution in [2.45, 2.75) is 72.4 Å². The third-order valence-electron chi connectivity index (χ3n) is 7.25. The molecule has 0 saturated heterocycles. The monoisotopic (exact) mass is 549 g/mol. The highest BCUT2D eigenvalue weighted by Gasteiger charge is 2.31. The molecule has 1 rings (SSSR count). The summed E-state index contributed by atoms with van der Waals surface area (Å²) in [6.07, 6.45) is 1.35. The fourth-order valence-corrected chi connectivity index (χ4v) is 4.21. The molecule has 0 bridgehead atoms. The summed E-state index contributed by atoms with van der Waals surface area (Å²) in [5, 5.41) is 13.8. The number of primary amides is 1. The highest BCUT2D eigenvalue weighted by atomic mass is 16.5. The van der Waals surface area contributed by atoms with Crippen molar-refractivity contribution in [3.8, 4) is 11.5 Å². The Morgan fingerprint density at radius 3 is 2.33 bits per heavy atom. The average molecular weight is 550 g/mol. The Morgan fingerprint density at radius 1 is 1.13 bits per heavy atom. The molecule has 1 aromatic rings. The van der Waals surface area contributed by atoms with Gasteiger partial charge in [0.05, 0.1) is 31.2 Å². The van der Waals surface area contributed by atoms with E-state index in [9.17, 15) is 14.7 Å². The van der Waals surface area contributed by atoms with Crippen molar-refractivity contribution >= 4 is 11.8 Å². The molecule has 0 unspecified atom stereocenters. The van der Waals surface area contributed by atoms with Crippen molar-refractivity contribution in [2.75, 3.05) is 34.0 Å². The van der Waals surface area contributed by atoms with E-state index in [2.05, 4.69) is 25.7 Å². The largest absolute Gasteiger partial charge is 0.493 e. The number of hydrogen-bond donors (Lipinski definition) is 4. The van der Waals surface area contributed by atoms with Gasteiger partial charge in [-0.05, 0) is 69.6 Å². The van der Waals surface area contributed by atoms with E-state index in [0.717, 1.165) is 18.4 Å². The third-order valence-corrected chi connectivity index (χ3v) is 7.25. The maximum atomic E-state index is 12.9. The predicted molar refractivity (Wildman–Crippen MR) is 155 cm³/mol. The van der Waals surface area contributed by atoms with Gasteiger partial charge < -0.3 is 36.1 Å². The molecule has 0 aliphatic carbocycles. The minimum atomic E-state index is -0.904. The normalized spacial score (nSPS) is 14.8. The molecule has 0 heterocycles. The third kappa shape index (κ3) is 11.6. The van der Waals surface area contributed by atoms with Crippen molar-refractivity contribution in [1.82, 2.24) is 5.32 Å². The molecule has 9 heteroatoms. The number of carbonyl (C=O) groups excluding carboxylic acids is 2. The summed E-state index contributed by atoms with van der Waals surface area (Å²) in [6, 6.07) is 5.39. The van der Waals surface area contributed by atoms with Crippen LogP contribution in [0.1, 0.15) is 59.4 Å². The fraction of sp³-hybridized carbons (Fsp3) is 0.667. The number of benzene rings is 1. The Morgan fingerprint density at radius 2 is 1.79 bits per heavy atom. The second-order valence-corrected chi connectivity index (χ2v) is 11.5. The van der Waals surface area contributed by atoms with Gasteiger partial charge in [-0.2, -0.15) is 0 Å². The Bertz CT molecular complexity index is 933. The number of amides is 2. The number of ether oxygens (including phenoxy) is 3. The zero-order valence-corrected chi connectivity index (χ0v) is 24.9. The van der Waals surface area contributed by atoms with Crippen LogP contribution in [0.4, 0.5) is 0 Å². The van der Waals surface area contributed by atoms with Gasteiger partial charge in [0.2, 0.25) is 11.8 Å². The van der Waals surface area contributed by atoms with Gasteiger partial charge in [0.15, 0.2) is 11.5 Å². The zero-order valence-electron chi connectivity index (χ0n) is 24.9. The fourth-order valence-electron chi connectivity index (χ4n) is 4.21. The van der Waals surface area contributed by atoms with Crippen molar-refractivity contribution in [1.29, 1.82) is 0 Å². The van der Waals surface area contributed by atoms with Gasteiger partial charge in [0, 0.05) is 32.7 Å². The lowest BCUT2D eigenvalue weighted by atomic mass is 9.81. The smallest absolute Gasteiger partial charge is 0.227 e. The number of rotatable bonds is 19. The van der Waals surface area contributed by atoms with Crippen LogP contribution >= 0.6 is 0 Å². The van der Waals surface area contributed by atoms with Crippen LogP contribution in [0.25, 0.3) is 0 Å². The first-order chi connectivity index (χ1) is 18.2. The predicted octanol–water partition coefficient (Wildman–Crippen LogP) is 3.21. The summed E-state index contributed by atoms with van der Waals surface area (Å²) < 4.78 is 16.5. The van der Waals surface area contributed by atoms with E-state index >= 15 is 0 Å². The number of nitrogens with two attached hydrogens (primary N) is 2. The number of nitrogens with one attached hydrogen (secondary N) is 1. The van der Waals surface area contributed by atoms with Crippen molar-refractivity contribution in [3.63, 3.8) is 0 Å². The maximum absolute atomic E-state index is 12.9. The van der Waals surface area contributed by atoms with Crippen molar-refractivity contribution in [3.05, 3.63) is 35.9 Å². The molecule has 6 N–H and O–H groups in total. The molecule has 0 aliphatic rings. The summed E-state index contributed by atoms with van der Waals surface area (Å²) in [4.78, 5) is 24.5. The lowest BCUT2D eigenvalue weighted by Crippen LogP contribution is -2.46. The van der Waals surface area contributed by atoms with E-state index in [4.69, 9.17) is 25.7 Å². The van der Waals surface area contributed by atoms with Gasteiger partial charge in [0.1, 0.15) is 0 Å². The molecular formula is C30H51N3O6. The topological polar surface area (TPSA) is 146 Å². The molecule has 9 nitrogen and oxygen atoms in total. The molecule has 0 aromatic heterocycles. The van der Waals surface area contributed by atoms with Crippen LogP contribution in [0, 0.1) is 23.2 Å². The lowest BCUT2D eigenvalue weighted by Gasteiger charge is -2.29. The number of hydrogen-bond acceptors (Lipinski definition) is 7. The Hall–Kier alpha value is -2.62. The van der Waals surface area contributed by atoms with E-state index in [1.54, 1.807) is 35.0 Å². The minimum absolute atomic E-state index is 0.0997. The van der Waals surface area contributed by atoms with Crippen LogP contribution in [0.2, 0.25) is 0 Å². The summed E-state index contributed by atoms with van der Waals surface area (Å²) >= 11 is 0. The van der Waals surface area contributed by atoms with E-state index in [1.807, 2.05) is 18.2 Å². The van der Waals surface area contributed by atoms with Crippen LogP contribution < -0.4 is 26.3 Å². The van der Waals surface area contributed by atoms with E-state index < -0.39 is 29.4 Å². The van der Waals surface area contributed by atoms with Crippen LogP contribution in [0.5, 0.6) is 11.5 Å². The molecule has 2 amide bonds. The lowest BCUT2D eigenvalue weighted by molar-refractivity contribution is -0.128. The van der Waals surface area contributed by atoms with Gasteiger partial charge in [-0.25, -0.2) is 0 Å². The minimum Gasteiger partial charge on any atom is -0.493 e. The molecule has 222 valence electrons. The van der Waals surface area contributed by atoms with Gasteiger partial charge in [0.25, 0.3) is 0 Å². The first kappa shape index (κ1) is 34.4. The molecule has 1 aromatic carbocycles. The van der Waals surface area contributed by atoms with Gasteiger partial charge in [-0.3, -0.25) is 9.59 Å². The average Bonchev–Trinajstić information content (AvgIpc) is 2.87. The van der Waals surface area contributed by atoms with Gasteiger partial charge in [-0.1, -0.05) is 32.1 Å². The molecule has 0 aliphatic heterocycles. The van der Waals surface area contributed by atoms with Crippen LogP contribution in [0.3, 0.4) is 0 Å². The second kappa shape index (κ2) is 16.5. The van der Waals surface area contributed by atoms with Crippen molar-refractivity contribution < 1.29 is 28.9 Å². The quantitative estimate of drug-likeness (QED) is 0.153. The number of carbonyl (C=O) groups is 2. The standard InChI is InChI=1S/C30H51N3O6/c1-19(2)22(14-21-10-11-26(38-8)27(15-21)39-13-9-12-37-7)16-24(31)25(34)17-23(20(3)4)28(35)33-18-30(5,6)29(32)36/h10-11,15,19,22-25,34H,3,9,12-14,16-18,31H2,1-2,4-8H3,(H2,32,36)(H,33,35)/t22-,23-,24-,25-/m0/s1. The van der Waals surface area contributed by atoms with Crippen LogP contribution in [0.15, 0.2) is 30.4 Å². The van der Waals surface area contributed by atoms with E-state index in [-0.39, 0.29) is 24.8 Å². The van der Waals surface area contributed by atoms with Gasteiger partial charge >= 0.3 is 0 Å². The number of aliphatic hydroxyl groups excluding tert-OH is 1. The summed E-state index contributed by atoms with van der Waals surface area (Å²) in [5.41, 5.74) is 12.7. The summed E-state index contributed by atoms with van der Waals surface area (Å²) in [5.74, 6) is 0.426. The summed E-state index contributed by atoms with van der Waals surface area (Å²) in [6.45, 7) is 14.5. The Balaban J connectivity index is 2.88. The number of aliphatic hydroxyl groups is 1. The molecule has 0 saturated carbocycles. The maximum Gasteiger partial charge on any atom is 0.227 e. The first-order valence-electron chi connectivity index (χ1n) is 13.7. The molecular weight excluding hydrogens is 498 g/mol. The van der Waals surface area contributed by atoms with Crippen molar-refractivity contribution in [2.24, 2.45) is 34.6 Å². The number of methoxy groups -OCH3 is 2. The second-order valence-electron chi connectivity index (χ2n) is 11.5. The van der Waals surface area contributed by atoms with Crippen LogP contribution in [-0.4, -0.2) is 63.0 Å². The highest BCUT2D eigenvalue weighted by molar-refractivity contribution is 5.84. The molecule has 0 fully saturated rings. The molecule has 0 spiro atoms. The Labute approximate surface area is 234 Å². The van der Waals surface area contributed by atoms with Crippen LogP contribution in [-0.2, 0) is 20.7 Å².